The van der Waals surface area contributed by atoms with Gasteiger partial charge in [-0.1, -0.05) is 13.5 Å². The molecule has 0 saturated carbocycles. The molecule has 0 amide bonds. The fraction of sp³-hybridized carbons (Fsp3) is 0.789. The molecule has 0 aliphatic carbocycles. The Hall–Kier alpha value is -1.22. The van der Waals surface area contributed by atoms with Crippen molar-refractivity contribution < 1.29 is 27.9 Å². The number of hydrogen-bond acceptors (Lipinski definition) is 7. The van der Waals surface area contributed by atoms with Crippen molar-refractivity contribution in [2.45, 2.75) is 52.6 Å². The number of ether oxygens (including phenoxy) is 2. The van der Waals surface area contributed by atoms with Gasteiger partial charge < -0.3 is 23.6 Å². The fourth-order valence-electron chi connectivity index (χ4n) is 2.47. The summed E-state index contributed by atoms with van der Waals surface area (Å²) in [6.07, 6.45) is 3.15. The molecule has 0 saturated heterocycles. The van der Waals surface area contributed by atoms with Gasteiger partial charge in [0, 0.05) is 31.8 Å². The average molecular weight is 404 g/mol. The summed E-state index contributed by atoms with van der Waals surface area (Å²) in [5.74, 6) is -0.707. The number of esters is 2. The highest BCUT2D eigenvalue weighted by Gasteiger charge is 2.29. The van der Waals surface area contributed by atoms with Gasteiger partial charge in [-0.15, -0.1) is 0 Å². The van der Waals surface area contributed by atoms with E-state index in [0.717, 1.165) is 31.5 Å². The molecule has 8 heteroatoms. The highest BCUT2D eigenvalue weighted by atomic mass is 28.4. The molecule has 0 heterocycles. The van der Waals surface area contributed by atoms with Crippen LogP contribution in [-0.4, -0.2) is 60.0 Å². The van der Waals surface area contributed by atoms with Gasteiger partial charge >= 0.3 is 20.5 Å². The van der Waals surface area contributed by atoms with Gasteiger partial charge in [-0.3, -0.25) is 4.79 Å². The van der Waals surface area contributed by atoms with E-state index in [1.165, 1.54) is 0 Å². The van der Waals surface area contributed by atoms with E-state index in [9.17, 15) is 9.59 Å². The largest absolute Gasteiger partial charge is 0.465 e. The molecule has 27 heavy (non-hydrogen) atoms. The minimum Gasteiger partial charge on any atom is -0.465 e. The fourth-order valence-corrected chi connectivity index (χ4v) is 4.88. The third-order valence-electron chi connectivity index (χ3n) is 4.08. The normalized spacial score (nSPS) is 12.4. The van der Waals surface area contributed by atoms with Crippen molar-refractivity contribution in [3.63, 3.8) is 0 Å². The zero-order valence-corrected chi connectivity index (χ0v) is 18.4. The van der Waals surface area contributed by atoms with Gasteiger partial charge in [0.2, 0.25) is 0 Å². The summed E-state index contributed by atoms with van der Waals surface area (Å²) in [7, 11) is -2.05. The molecule has 0 aliphatic heterocycles. The highest BCUT2D eigenvalue weighted by molar-refractivity contribution is 6.66. The lowest BCUT2D eigenvalue weighted by Crippen LogP contribution is -2.39. The summed E-state index contributed by atoms with van der Waals surface area (Å²) in [5, 5.41) is 3.25. The lowest BCUT2D eigenvalue weighted by Gasteiger charge is -2.25. The van der Waals surface area contributed by atoms with E-state index in [-0.39, 0.29) is 25.1 Å². The zero-order valence-electron chi connectivity index (χ0n) is 17.4. The first-order chi connectivity index (χ1) is 12.9. The van der Waals surface area contributed by atoms with Crippen LogP contribution in [0.1, 0.15) is 40.0 Å². The molecule has 1 unspecified atom stereocenters. The average Bonchev–Trinajstić information content (AvgIpc) is 2.64. The summed E-state index contributed by atoms with van der Waals surface area (Å²) >= 11 is 0. The zero-order chi connectivity index (χ0) is 20.5. The maximum atomic E-state index is 11.8. The van der Waals surface area contributed by atoms with Gasteiger partial charge in [0.1, 0.15) is 0 Å². The minimum absolute atomic E-state index is 0.00516. The van der Waals surface area contributed by atoms with Crippen molar-refractivity contribution >= 4 is 20.5 Å². The molecule has 1 N–H and O–H groups in total. The van der Waals surface area contributed by atoms with Gasteiger partial charge in [0.15, 0.2) is 0 Å². The van der Waals surface area contributed by atoms with Crippen LogP contribution in [0.25, 0.3) is 0 Å². The van der Waals surface area contributed by atoms with Gasteiger partial charge in [-0.2, -0.15) is 0 Å². The molecule has 0 aliphatic rings. The molecule has 158 valence electrons. The first kappa shape index (κ1) is 25.8. The van der Waals surface area contributed by atoms with Crippen LogP contribution in [0.15, 0.2) is 12.7 Å². The molecule has 0 bridgehead atoms. The van der Waals surface area contributed by atoms with Crippen molar-refractivity contribution in [2.24, 2.45) is 5.92 Å². The second-order valence-corrected chi connectivity index (χ2v) is 9.74. The van der Waals surface area contributed by atoms with E-state index in [1.807, 2.05) is 20.8 Å². The molecular formula is C19H37NO6Si. The maximum Gasteiger partial charge on any atom is 0.334 e. The van der Waals surface area contributed by atoms with Gasteiger partial charge in [0.25, 0.3) is 0 Å². The van der Waals surface area contributed by atoms with Gasteiger partial charge in [-0.25, -0.2) is 4.79 Å². The smallest absolute Gasteiger partial charge is 0.334 e. The summed E-state index contributed by atoms with van der Waals surface area (Å²) in [4.78, 5) is 22.9. The predicted octanol–water partition coefficient (Wildman–Crippen LogP) is 2.80. The topological polar surface area (TPSA) is 83.1 Å². The molecule has 0 aromatic heterocycles. The Morgan fingerprint density at radius 3 is 2.26 bits per heavy atom. The standard InChI is InChI=1S/C19H37NO6Si/c1-6-17(15-23-18(21)7-2)16-24-19(22)11-13-20-12-10-14-27(5,25-8-3)26-9-4/h7,17,20H,2,6,8-16H2,1,3-5H3. The van der Waals surface area contributed by atoms with Crippen LogP contribution in [0, 0.1) is 5.92 Å². The lowest BCUT2D eigenvalue weighted by atomic mass is 10.1. The number of nitrogens with one attached hydrogen (secondary N) is 1. The first-order valence-electron chi connectivity index (χ1n) is 9.84. The number of rotatable bonds is 17. The molecule has 0 radical (unpaired) electrons. The Labute approximate surface area is 165 Å². The third-order valence-corrected chi connectivity index (χ3v) is 7.14. The molecule has 0 fully saturated rings. The van der Waals surface area contributed by atoms with Crippen molar-refractivity contribution in [1.82, 2.24) is 5.32 Å². The Bertz CT molecular complexity index is 426. The number of carbonyl (C=O) groups is 2. The summed E-state index contributed by atoms with van der Waals surface area (Å²) in [6, 6.07) is 0.924. The van der Waals surface area contributed by atoms with Crippen LogP contribution in [0.4, 0.5) is 0 Å². The van der Waals surface area contributed by atoms with Gasteiger partial charge in [0.05, 0.1) is 19.6 Å². The second kappa shape index (κ2) is 15.8. The van der Waals surface area contributed by atoms with E-state index in [1.54, 1.807) is 0 Å². The number of carbonyl (C=O) groups excluding carboxylic acids is 2. The monoisotopic (exact) mass is 403 g/mol. The van der Waals surface area contributed by atoms with Crippen molar-refractivity contribution in [2.75, 3.05) is 39.5 Å². The maximum absolute atomic E-state index is 11.8. The Balaban J connectivity index is 3.84. The number of hydrogen-bond donors (Lipinski definition) is 1. The summed E-state index contributed by atoms with van der Waals surface area (Å²) < 4.78 is 21.8. The quantitative estimate of drug-likeness (QED) is 0.173. The van der Waals surface area contributed by atoms with Crippen molar-refractivity contribution in [3.8, 4) is 0 Å². The minimum atomic E-state index is -2.05. The van der Waals surface area contributed by atoms with Crippen LogP contribution in [0.5, 0.6) is 0 Å². The third kappa shape index (κ3) is 13.6. The SMILES string of the molecule is C=CC(=O)OCC(CC)COC(=O)CCNCCC[Si](C)(OCC)OCC. The van der Waals surface area contributed by atoms with Crippen LogP contribution >= 0.6 is 0 Å². The van der Waals surface area contributed by atoms with Crippen LogP contribution in [-0.2, 0) is 27.9 Å². The summed E-state index contributed by atoms with van der Waals surface area (Å²) in [5.41, 5.74) is 0. The molecular weight excluding hydrogens is 366 g/mol. The molecule has 7 nitrogen and oxygen atoms in total. The molecule has 0 rings (SSSR count). The van der Waals surface area contributed by atoms with E-state index in [0.29, 0.717) is 26.2 Å². The van der Waals surface area contributed by atoms with Gasteiger partial charge in [-0.05, 0) is 45.8 Å². The first-order valence-corrected chi connectivity index (χ1v) is 12.4. The van der Waals surface area contributed by atoms with E-state index >= 15 is 0 Å². The second-order valence-electron chi connectivity index (χ2n) is 6.39. The molecule has 0 aromatic carbocycles. The predicted molar refractivity (Wildman–Crippen MR) is 108 cm³/mol. The lowest BCUT2D eigenvalue weighted by molar-refractivity contribution is -0.146. The van der Waals surface area contributed by atoms with E-state index < -0.39 is 14.5 Å². The van der Waals surface area contributed by atoms with Crippen molar-refractivity contribution in [3.05, 3.63) is 12.7 Å². The van der Waals surface area contributed by atoms with Crippen molar-refractivity contribution in [1.29, 1.82) is 0 Å². The summed E-state index contributed by atoms with van der Waals surface area (Å²) in [6.45, 7) is 14.6. The Kier molecular flexibility index (Phi) is 15.1. The molecule has 0 spiro atoms. The van der Waals surface area contributed by atoms with E-state index in [2.05, 4.69) is 18.4 Å². The van der Waals surface area contributed by atoms with Crippen LogP contribution in [0.2, 0.25) is 12.6 Å². The Morgan fingerprint density at radius 1 is 1.07 bits per heavy atom. The highest BCUT2D eigenvalue weighted by Crippen LogP contribution is 2.15. The van der Waals surface area contributed by atoms with Crippen LogP contribution in [0.3, 0.4) is 0 Å². The van der Waals surface area contributed by atoms with E-state index in [4.69, 9.17) is 18.3 Å². The molecule has 1 atom stereocenters. The molecule has 0 aromatic rings. The van der Waals surface area contributed by atoms with Crippen LogP contribution < -0.4 is 5.32 Å². The Morgan fingerprint density at radius 2 is 1.70 bits per heavy atom.